The fourth-order valence-electron chi connectivity index (χ4n) is 2.09. The van der Waals surface area contributed by atoms with Gasteiger partial charge in [0.05, 0.1) is 6.20 Å². The molecule has 1 fully saturated rings. The molecule has 2 atom stereocenters. The Bertz CT molecular complexity index is 409. The highest BCUT2D eigenvalue weighted by molar-refractivity contribution is 5.81. The summed E-state index contributed by atoms with van der Waals surface area (Å²) < 4.78 is 5.12. The van der Waals surface area contributed by atoms with Gasteiger partial charge in [-0.05, 0) is 12.3 Å². The Kier molecular flexibility index (Phi) is 2.77. The van der Waals surface area contributed by atoms with Crippen LogP contribution in [0.15, 0.2) is 16.9 Å². The first-order chi connectivity index (χ1) is 7.72. The predicted molar refractivity (Wildman–Crippen MR) is 53.7 cm³/mol. The Hall–Kier alpha value is -2.03. The molecule has 1 aliphatic rings. The van der Waals surface area contributed by atoms with E-state index in [1.54, 1.807) is 4.90 Å². The van der Waals surface area contributed by atoms with E-state index >= 15 is 0 Å². The largest absolute Gasteiger partial charge is 0.448 e. The average Bonchev–Trinajstić information content (AvgIpc) is 2.88. The van der Waals surface area contributed by atoms with Crippen LogP contribution in [0.2, 0.25) is 0 Å². The smallest absolute Gasteiger partial charge is 0.230 e. The van der Waals surface area contributed by atoms with E-state index in [1.165, 1.54) is 12.5 Å². The van der Waals surface area contributed by atoms with Crippen LogP contribution in [0.5, 0.6) is 0 Å². The number of carbonyl (C=O) groups excluding carboxylic acids is 1. The van der Waals surface area contributed by atoms with Crippen LogP contribution >= 0.6 is 0 Å². The number of likely N-dealkylation sites (tertiary alicyclic amines) is 1. The minimum Gasteiger partial charge on any atom is -0.448 e. The Morgan fingerprint density at radius 2 is 2.62 bits per heavy atom. The molecule has 0 spiro atoms. The molecule has 84 valence electrons. The lowest BCUT2D eigenvalue weighted by molar-refractivity contribution is -0.121. The molecular formula is C10H12N4O2. The van der Waals surface area contributed by atoms with Gasteiger partial charge < -0.3 is 15.1 Å². The number of carbonyl (C=O) groups is 1. The monoisotopic (exact) mass is 220 g/mol. The molecule has 0 aromatic carbocycles. The molecule has 2 heterocycles. The van der Waals surface area contributed by atoms with Gasteiger partial charge in [0.25, 0.3) is 0 Å². The molecule has 0 saturated carbocycles. The first kappa shape index (κ1) is 10.5. The van der Waals surface area contributed by atoms with E-state index in [2.05, 4.69) is 11.2 Å². The number of nitrogens with two attached hydrogens (primary N) is 1. The maximum atomic E-state index is 11.4. The van der Waals surface area contributed by atoms with Gasteiger partial charge in [-0.1, -0.05) is 0 Å². The van der Waals surface area contributed by atoms with Crippen molar-refractivity contribution in [1.29, 1.82) is 5.26 Å². The third kappa shape index (κ3) is 1.84. The van der Waals surface area contributed by atoms with Crippen molar-refractivity contribution in [3.63, 3.8) is 0 Å². The van der Waals surface area contributed by atoms with E-state index in [1.807, 2.05) is 0 Å². The van der Waals surface area contributed by atoms with Gasteiger partial charge in [-0.3, -0.25) is 4.79 Å². The minimum atomic E-state index is -0.534. The van der Waals surface area contributed by atoms with Crippen molar-refractivity contribution in [2.75, 3.05) is 13.1 Å². The quantitative estimate of drug-likeness (QED) is 0.726. The molecule has 0 aliphatic carbocycles. The third-order valence-electron chi connectivity index (χ3n) is 2.86. The molecule has 2 N–H and O–H groups in total. The molecule has 1 saturated heterocycles. The van der Waals surface area contributed by atoms with Crippen molar-refractivity contribution in [3.8, 4) is 6.19 Å². The van der Waals surface area contributed by atoms with Gasteiger partial charge in [-0.2, -0.15) is 5.26 Å². The van der Waals surface area contributed by atoms with Gasteiger partial charge in [0, 0.05) is 13.1 Å². The molecular weight excluding hydrogens is 208 g/mol. The molecule has 2 unspecified atom stereocenters. The topological polar surface area (TPSA) is 96.2 Å². The molecule has 0 radical (unpaired) electrons. The van der Waals surface area contributed by atoms with Gasteiger partial charge in [-0.25, -0.2) is 4.98 Å². The number of nitrogens with zero attached hydrogens (tertiary/aromatic N) is 3. The van der Waals surface area contributed by atoms with Crippen LogP contribution in [0.3, 0.4) is 0 Å². The lowest BCUT2D eigenvalue weighted by Crippen LogP contribution is -2.29. The van der Waals surface area contributed by atoms with Crippen LogP contribution in [0.4, 0.5) is 0 Å². The molecule has 1 aromatic rings. The summed E-state index contributed by atoms with van der Waals surface area (Å²) in [6.45, 7) is 1.19. The van der Waals surface area contributed by atoms with Gasteiger partial charge in [-0.15, -0.1) is 0 Å². The van der Waals surface area contributed by atoms with Gasteiger partial charge >= 0.3 is 0 Å². The SMILES string of the molecule is N#CN1CCC(C(C(N)=O)c2ncco2)C1. The molecule has 1 aromatic heterocycles. The lowest BCUT2D eigenvalue weighted by Gasteiger charge is -2.16. The molecule has 16 heavy (non-hydrogen) atoms. The standard InChI is InChI=1S/C10H12N4O2/c11-6-14-3-1-7(5-14)8(9(12)15)10-13-2-4-16-10/h2,4,7-8H,1,3,5H2,(H2,12,15). The molecule has 1 amide bonds. The van der Waals surface area contributed by atoms with E-state index in [4.69, 9.17) is 15.4 Å². The molecule has 6 nitrogen and oxygen atoms in total. The molecule has 0 bridgehead atoms. The van der Waals surface area contributed by atoms with Crippen LogP contribution in [-0.4, -0.2) is 28.9 Å². The Labute approximate surface area is 92.6 Å². The van der Waals surface area contributed by atoms with Crippen molar-refractivity contribution >= 4 is 5.91 Å². The predicted octanol–water partition coefficient (Wildman–Crippen LogP) is 0.0465. The number of rotatable bonds is 3. The highest BCUT2D eigenvalue weighted by Gasteiger charge is 2.36. The first-order valence-electron chi connectivity index (χ1n) is 5.05. The fourth-order valence-corrected chi connectivity index (χ4v) is 2.09. The maximum Gasteiger partial charge on any atom is 0.230 e. The van der Waals surface area contributed by atoms with Gasteiger partial charge in [0.15, 0.2) is 6.19 Å². The molecule has 1 aliphatic heterocycles. The average molecular weight is 220 g/mol. The summed E-state index contributed by atoms with van der Waals surface area (Å²) in [6.07, 6.45) is 5.72. The van der Waals surface area contributed by atoms with Crippen molar-refractivity contribution in [2.45, 2.75) is 12.3 Å². The summed E-state index contributed by atoms with van der Waals surface area (Å²) in [6, 6.07) is 0. The maximum absolute atomic E-state index is 11.4. The third-order valence-corrected chi connectivity index (χ3v) is 2.86. The first-order valence-corrected chi connectivity index (χ1v) is 5.05. The summed E-state index contributed by atoms with van der Waals surface area (Å²) in [7, 11) is 0. The second-order valence-electron chi connectivity index (χ2n) is 3.85. The van der Waals surface area contributed by atoms with Crippen molar-refractivity contribution in [2.24, 2.45) is 11.7 Å². The second kappa shape index (κ2) is 4.23. The number of primary amides is 1. The summed E-state index contributed by atoms with van der Waals surface area (Å²) in [4.78, 5) is 17.0. The lowest BCUT2D eigenvalue weighted by atomic mass is 9.91. The summed E-state index contributed by atoms with van der Waals surface area (Å²) in [5.74, 6) is -0.631. The van der Waals surface area contributed by atoms with Crippen LogP contribution in [0.1, 0.15) is 18.2 Å². The van der Waals surface area contributed by atoms with E-state index in [0.29, 0.717) is 19.0 Å². The zero-order chi connectivity index (χ0) is 11.5. The second-order valence-corrected chi connectivity index (χ2v) is 3.85. The molecule has 2 rings (SSSR count). The minimum absolute atomic E-state index is 0.01000. The Balaban J connectivity index is 2.16. The van der Waals surface area contributed by atoms with Crippen molar-refractivity contribution in [1.82, 2.24) is 9.88 Å². The summed E-state index contributed by atoms with van der Waals surface area (Å²) >= 11 is 0. The van der Waals surface area contributed by atoms with E-state index in [9.17, 15) is 4.79 Å². The van der Waals surface area contributed by atoms with Crippen LogP contribution in [0, 0.1) is 17.4 Å². The fraction of sp³-hybridized carbons (Fsp3) is 0.500. The summed E-state index contributed by atoms with van der Waals surface area (Å²) in [5.41, 5.74) is 5.35. The zero-order valence-electron chi connectivity index (χ0n) is 8.67. The number of oxazole rings is 1. The number of hydrogen-bond acceptors (Lipinski definition) is 5. The molecule has 6 heteroatoms. The highest BCUT2D eigenvalue weighted by atomic mass is 16.3. The summed E-state index contributed by atoms with van der Waals surface area (Å²) in [5, 5.41) is 8.76. The normalized spacial score (nSPS) is 21.7. The Morgan fingerprint density at radius 1 is 1.81 bits per heavy atom. The number of aromatic nitrogens is 1. The van der Waals surface area contributed by atoms with Crippen LogP contribution < -0.4 is 5.73 Å². The van der Waals surface area contributed by atoms with Gasteiger partial charge in [0.1, 0.15) is 12.2 Å². The van der Waals surface area contributed by atoms with E-state index < -0.39 is 11.8 Å². The van der Waals surface area contributed by atoms with E-state index in [-0.39, 0.29) is 5.92 Å². The Morgan fingerprint density at radius 3 is 3.12 bits per heavy atom. The van der Waals surface area contributed by atoms with Crippen LogP contribution in [0.25, 0.3) is 0 Å². The number of amides is 1. The van der Waals surface area contributed by atoms with E-state index in [0.717, 1.165) is 6.42 Å². The number of hydrogen-bond donors (Lipinski definition) is 1. The zero-order valence-corrected chi connectivity index (χ0v) is 8.67. The highest BCUT2D eigenvalue weighted by Crippen LogP contribution is 2.30. The van der Waals surface area contributed by atoms with Crippen molar-refractivity contribution < 1.29 is 9.21 Å². The van der Waals surface area contributed by atoms with Crippen LogP contribution in [-0.2, 0) is 4.79 Å². The van der Waals surface area contributed by atoms with Crippen molar-refractivity contribution in [3.05, 3.63) is 18.4 Å². The van der Waals surface area contributed by atoms with Gasteiger partial charge in [0.2, 0.25) is 11.8 Å². The number of nitriles is 1.